The minimum atomic E-state index is -0.766. The van der Waals surface area contributed by atoms with Gasteiger partial charge in [0.2, 0.25) is 5.91 Å². The van der Waals surface area contributed by atoms with Gasteiger partial charge in [0.05, 0.1) is 24.8 Å². The standard InChI is InChI=1S/C21H22ClNO7/c1-29-20(27)12-7-9-13(10-8-12)23-17(26)6-4-3-5-14-18(21(28)30-2)15(24)11-16(25)19(14)22/h7-11,24-25H,3-6H2,1-2H3,(H,23,26). The van der Waals surface area contributed by atoms with E-state index >= 15 is 0 Å². The molecule has 0 heterocycles. The number of aromatic hydroxyl groups is 2. The number of nitrogens with one attached hydrogen (secondary N) is 1. The first-order chi connectivity index (χ1) is 14.3. The van der Waals surface area contributed by atoms with E-state index in [9.17, 15) is 24.6 Å². The normalized spacial score (nSPS) is 10.4. The molecule has 0 aliphatic carbocycles. The molecule has 0 fully saturated rings. The first kappa shape index (κ1) is 23.0. The van der Waals surface area contributed by atoms with Gasteiger partial charge >= 0.3 is 11.9 Å². The lowest BCUT2D eigenvalue weighted by atomic mass is 9.99. The van der Waals surface area contributed by atoms with Gasteiger partial charge in [-0.2, -0.15) is 0 Å². The number of carbonyl (C=O) groups is 3. The number of hydrogen-bond donors (Lipinski definition) is 3. The Kier molecular flexibility index (Phi) is 8.06. The molecule has 160 valence electrons. The molecule has 0 bridgehead atoms. The number of hydrogen-bond acceptors (Lipinski definition) is 7. The quantitative estimate of drug-likeness (QED) is 0.427. The number of phenols is 2. The molecule has 0 saturated heterocycles. The maximum Gasteiger partial charge on any atom is 0.341 e. The fourth-order valence-electron chi connectivity index (χ4n) is 2.87. The van der Waals surface area contributed by atoms with E-state index in [1.165, 1.54) is 14.2 Å². The maximum absolute atomic E-state index is 12.1. The van der Waals surface area contributed by atoms with Crippen molar-refractivity contribution in [3.05, 3.63) is 52.0 Å². The van der Waals surface area contributed by atoms with E-state index in [4.69, 9.17) is 11.6 Å². The molecular weight excluding hydrogens is 414 g/mol. The van der Waals surface area contributed by atoms with Gasteiger partial charge in [0.25, 0.3) is 0 Å². The smallest absolute Gasteiger partial charge is 0.341 e. The summed E-state index contributed by atoms with van der Waals surface area (Å²) in [7, 11) is 2.46. The van der Waals surface area contributed by atoms with Crippen LogP contribution in [-0.4, -0.2) is 42.3 Å². The van der Waals surface area contributed by atoms with Crippen LogP contribution in [0.2, 0.25) is 5.02 Å². The van der Waals surface area contributed by atoms with Crippen molar-refractivity contribution in [2.45, 2.75) is 25.7 Å². The Bertz CT molecular complexity index is 941. The number of esters is 2. The largest absolute Gasteiger partial charge is 0.507 e. The highest BCUT2D eigenvalue weighted by atomic mass is 35.5. The van der Waals surface area contributed by atoms with Crippen LogP contribution in [0.1, 0.15) is 45.5 Å². The monoisotopic (exact) mass is 435 g/mol. The van der Waals surface area contributed by atoms with E-state index in [-0.39, 0.29) is 40.6 Å². The van der Waals surface area contributed by atoms with Crippen LogP contribution in [0, 0.1) is 0 Å². The van der Waals surface area contributed by atoms with Crippen molar-refractivity contribution >= 4 is 35.1 Å². The van der Waals surface area contributed by atoms with Crippen molar-refractivity contribution in [3.63, 3.8) is 0 Å². The molecule has 9 heteroatoms. The van der Waals surface area contributed by atoms with Crippen molar-refractivity contribution in [3.8, 4) is 11.5 Å². The average molecular weight is 436 g/mol. The van der Waals surface area contributed by atoms with Crippen LogP contribution < -0.4 is 5.32 Å². The number of halogens is 1. The summed E-state index contributed by atoms with van der Waals surface area (Å²) in [5, 5.41) is 22.4. The van der Waals surface area contributed by atoms with Crippen LogP contribution in [0.25, 0.3) is 0 Å². The second-order valence-corrected chi connectivity index (χ2v) is 6.78. The SMILES string of the molecule is COC(=O)c1ccc(NC(=O)CCCCc2c(Cl)c(O)cc(O)c2C(=O)OC)cc1. The Morgan fingerprint density at radius 3 is 2.20 bits per heavy atom. The summed E-state index contributed by atoms with van der Waals surface area (Å²) in [6.07, 6.45) is 1.40. The highest BCUT2D eigenvalue weighted by molar-refractivity contribution is 6.33. The molecule has 8 nitrogen and oxygen atoms in total. The summed E-state index contributed by atoms with van der Waals surface area (Å²) < 4.78 is 9.28. The van der Waals surface area contributed by atoms with E-state index < -0.39 is 17.7 Å². The van der Waals surface area contributed by atoms with Gasteiger partial charge in [-0.25, -0.2) is 9.59 Å². The fraction of sp³-hybridized carbons (Fsp3) is 0.286. The molecule has 2 rings (SSSR count). The number of amides is 1. The van der Waals surface area contributed by atoms with Crippen LogP contribution in [-0.2, 0) is 20.7 Å². The van der Waals surface area contributed by atoms with Crippen LogP contribution in [0.3, 0.4) is 0 Å². The number of unbranched alkanes of at least 4 members (excludes halogenated alkanes) is 1. The molecule has 3 N–H and O–H groups in total. The van der Waals surface area contributed by atoms with Gasteiger partial charge in [0, 0.05) is 18.2 Å². The Labute approximate surface area is 178 Å². The molecule has 30 heavy (non-hydrogen) atoms. The van der Waals surface area contributed by atoms with Crippen molar-refractivity contribution in [2.24, 2.45) is 0 Å². The number of phenolic OH excluding ortho intramolecular Hbond substituents is 2. The zero-order valence-corrected chi connectivity index (χ0v) is 17.3. The van der Waals surface area contributed by atoms with Gasteiger partial charge in [-0.1, -0.05) is 11.6 Å². The lowest BCUT2D eigenvalue weighted by Crippen LogP contribution is -2.12. The Hall–Kier alpha value is -3.26. The molecule has 0 aromatic heterocycles. The molecule has 0 aliphatic rings. The predicted molar refractivity (Wildman–Crippen MR) is 110 cm³/mol. The van der Waals surface area contributed by atoms with Gasteiger partial charge in [-0.3, -0.25) is 4.79 Å². The summed E-state index contributed by atoms with van der Waals surface area (Å²) in [5.74, 6) is -2.22. The molecule has 2 aromatic carbocycles. The third kappa shape index (κ3) is 5.64. The van der Waals surface area contributed by atoms with Crippen molar-refractivity contribution in [1.82, 2.24) is 0 Å². The summed E-state index contributed by atoms with van der Waals surface area (Å²) >= 11 is 6.08. The maximum atomic E-state index is 12.1. The van der Waals surface area contributed by atoms with Gasteiger partial charge in [0.15, 0.2) is 0 Å². The Morgan fingerprint density at radius 1 is 0.967 bits per heavy atom. The minimum Gasteiger partial charge on any atom is -0.507 e. The van der Waals surface area contributed by atoms with E-state index in [2.05, 4.69) is 14.8 Å². The molecule has 0 spiro atoms. The molecule has 0 saturated carbocycles. The second-order valence-electron chi connectivity index (χ2n) is 6.40. The number of ether oxygens (including phenoxy) is 2. The van der Waals surface area contributed by atoms with E-state index in [0.717, 1.165) is 6.07 Å². The summed E-state index contributed by atoms with van der Waals surface area (Å²) in [6, 6.07) is 7.28. The Morgan fingerprint density at radius 2 is 1.60 bits per heavy atom. The third-order valence-corrected chi connectivity index (χ3v) is 4.80. The van der Waals surface area contributed by atoms with E-state index in [1.54, 1.807) is 24.3 Å². The van der Waals surface area contributed by atoms with Gasteiger partial charge in [-0.05, 0) is 49.1 Å². The molecule has 1 amide bonds. The first-order valence-electron chi connectivity index (χ1n) is 9.08. The average Bonchev–Trinajstić information content (AvgIpc) is 2.73. The molecule has 0 radical (unpaired) electrons. The number of rotatable bonds is 8. The fourth-order valence-corrected chi connectivity index (χ4v) is 3.11. The zero-order chi connectivity index (χ0) is 22.3. The van der Waals surface area contributed by atoms with Crippen LogP contribution in [0.15, 0.2) is 30.3 Å². The number of carbonyl (C=O) groups excluding carboxylic acids is 3. The topological polar surface area (TPSA) is 122 Å². The van der Waals surface area contributed by atoms with E-state index in [0.29, 0.717) is 24.1 Å². The molecule has 0 aliphatic heterocycles. The van der Waals surface area contributed by atoms with Crippen LogP contribution in [0.4, 0.5) is 5.69 Å². The van der Waals surface area contributed by atoms with Crippen LogP contribution >= 0.6 is 11.6 Å². The summed E-state index contributed by atoms with van der Waals surface area (Å²) in [5.41, 5.74) is 1.08. The third-order valence-electron chi connectivity index (χ3n) is 4.38. The number of benzene rings is 2. The minimum absolute atomic E-state index is 0.0386. The number of methoxy groups -OCH3 is 2. The molecular formula is C21H22ClNO7. The van der Waals surface area contributed by atoms with Gasteiger partial charge in [0.1, 0.15) is 17.1 Å². The summed E-state index contributed by atoms with van der Waals surface area (Å²) in [4.78, 5) is 35.5. The zero-order valence-electron chi connectivity index (χ0n) is 16.5. The predicted octanol–water partition coefficient (Wildman–Crippen LogP) is 3.68. The first-order valence-corrected chi connectivity index (χ1v) is 9.46. The number of anilines is 1. The lowest BCUT2D eigenvalue weighted by molar-refractivity contribution is -0.116. The second kappa shape index (κ2) is 10.5. The van der Waals surface area contributed by atoms with Crippen molar-refractivity contribution in [1.29, 1.82) is 0 Å². The molecule has 2 aromatic rings. The highest BCUT2D eigenvalue weighted by Gasteiger charge is 2.22. The van der Waals surface area contributed by atoms with E-state index in [1.807, 2.05) is 0 Å². The van der Waals surface area contributed by atoms with Crippen molar-refractivity contribution in [2.75, 3.05) is 19.5 Å². The van der Waals surface area contributed by atoms with Crippen molar-refractivity contribution < 1.29 is 34.1 Å². The van der Waals surface area contributed by atoms with Gasteiger partial charge in [-0.15, -0.1) is 0 Å². The summed E-state index contributed by atoms with van der Waals surface area (Å²) in [6.45, 7) is 0. The molecule has 0 unspecified atom stereocenters. The molecule has 0 atom stereocenters. The Balaban J connectivity index is 1.93. The van der Waals surface area contributed by atoms with Crippen LogP contribution in [0.5, 0.6) is 11.5 Å². The van der Waals surface area contributed by atoms with Gasteiger partial charge < -0.3 is 25.0 Å². The lowest BCUT2D eigenvalue weighted by Gasteiger charge is -2.13. The highest BCUT2D eigenvalue weighted by Crippen LogP contribution is 2.37.